The molecule has 0 aliphatic carbocycles. The third kappa shape index (κ3) is 8.01. The van der Waals surface area contributed by atoms with Gasteiger partial charge in [0.15, 0.2) is 0 Å². The molecule has 53 heavy (non-hydrogen) atoms. The van der Waals surface area contributed by atoms with Crippen LogP contribution in [0.1, 0.15) is 31.1 Å². The normalized spacial score (nSPS) is 10.6. The number of imide groups is 1. The Labute approximate surface area is 307 Å². The van der Waals surface area contributed by atoms with Crippen molar-refractivity contribution in [3.63, 3.8) is 0 Å². The third-order valence-corrected chi connectivity index (χ3v) is 8.74. The van der Waals surface area contributed by atoms with Crippen LogP contribution in [0.2, 0.25) is 0 Å². The summed E-state index contributed by atoms with van der Waals surface area (Å²) >= 11 is 0. The smallest absolute Gasteiger partial charge is 0.264 e. The zero-order valence-electron chi connectivity index (χ0n) is 28.5. The minimum atomic E-state index is -0.616. The number of carbonyl (C=O) groups excluding carboxylic acids is 4. The van der Waals surface area contributed by atoms with Gasteiger partial charge in [-0.25, -0.2) is 4.90 Å². The number of nitrogens with one attached hydrogen (secondary N) is 2. The molecular weight excluding hydrogens is 659 g/mol. The lowest BCUT2D eigenvalue weighted by Gasteiger charge is -2.19. The molecule has 0 saturated carbocycles. The zero-order valence-corrected chi connectivity index (χ0v) is 28.5. The van der Waals surface area contributed by atoms with Gasteiger partial charge in [-0.05, 0) is 88.0 Å². The quantitative estimate of drug-likeness (QED) is 0.140. The maximum Gasteiger partial charge on any atom is 0.264 e. The molecule has 4 amide bonds. The highest BCUT2D eigenvalue weighted by molar-refractivity contribution is 6.17. The van der Waals surface area contributed by atoms with Gasteiger partial charge in [0.1, 0.15) is 0 Å². The summed E-state index contributed by atoms with van der Waals surface area (Å²) in [5, 5.41) is 5.83. The van der Waals surface area contributed by atoms with Crippen molar-refractivity contribution < 1.29 is 19.2 Å². The van der Waals surface area contributed by atoms with Crippen LogP contribution < -0.4 is 15.5 Å². The molecule has 0 radical (unpaired) electrons. The summed E-state index contributed by atoms with van der Waals surface area (Å²) in [4.78, 5) is 55.0. The molecule has 2 N–H and O–H groups in total. The standard InChI is InChI=1S/C46H33N3O4/c50-31-49(46(53)36-24-22-35(23-25-36)32-12-4-1-5-13-32)43-29-39(44(51)47-41-20-10-18-37(27-41)33-14-6-2-7-15-33)26-40(30-43)45(52)48-42-21-11-19-38(28-42)34-16-8-3-9-17-34/h1-31H,(H,47,51)(H,48,52). The second-order valence-electron chi connectivity index (χ2n) is 12.3. The minimum Gasteiger partial charge on any atom is -0.322 e. The molecule has 256 valence electrons. The summed E-state index contributed by atoms with van der Waals surface area (Å²) in [5.74, 6) is -1.67. The third-order valence-electron chi connectivity index (χ3n) is 8.74. The van der Waals surface area contributed by atoms with E-state index in [1.807, 2.05) is 127 Å². The number of amides is 4. The molecule has 0 atom stereocenters. The van der Waals surface area contributed by atoms with E-state index in [-0.39, 0.29) is 22.4 Å². The van der Waals surface area contributed by atoms with Crippen LogP contribution in [-0.2, 0) is 4.79 Å². The maximum atomic E-state index is 13.8. The average molecular weight is 692 g/mol. The second-order valence-corrected chi connectivity index (χ2v) is 12.3. The summed E-state index contributed by atoms with van der Waals surface area (Å²) in [6.07, 6.45) is 0.388. The van der Waals surface area contributed by atoms with Gasteiger partial charge in [0.05, 0.1) is 5.69 Å². The van der Waals surface area contributed by atoms with Crippen molar-refractivity contribution in [2.75, 3.05) is 15.5 Å². The number of hydrogen-bond donors (Lipinski definition) is 2. The number of nitrogens with zero attached hydrogens (tertiary/aromatic N) is 1. The van der Waals surface area contributed by atoms with Gasteiger partial charge in [-0.3, -0.25) is 19.2 Å². The Morgan fingerprint density at radius 2 is 0.792 bits per heavy atom. The van der Waals surface area contributed by atoms with Gasteiger partial charge in [-0.15, -0.1) is 0 Å². The Balaban J connectivity index is 1.21. The molecule has 0 heterocycles. The molecule has 0 aromatic heterocycles. The Morgan fingerprint density at radius 3 is 1.23 bits per heavy atom. The first kappa shape index (κ1) is 34.1. The molecule has 7 aromatic carbocycles. The van der Waals surface area contributed by atoms with Crippen LogP contribution in [0.3, 0.4) is 0 Å². The highest BCUT2D eigenvalue weighted by atomic mass is 16.2. The highest BCUT2D eigenvalue weighted by Crippen LogP contribution is 2.27. The Bertz CT molecular complexity index is 2300. The van der Waals surface area contributed by atoms with Crippen molar-refractivity contribution in [1.29, 1.82) is 0 Å². The van der Waals surface area contributed by atoms with Gasteiger partial charge in [0.2, 0.25) is 6.41 Å². The molecule has 0 fully saturated rings. The molecule has 7 nitrogen and oxygen atoms in total. The van der Waals surface area contributed by atoms with Gasteiger partial charge in [-0.2, -0.15) is 0 Å². The maximum absolute atomic E-state index is 13.8. The van der Waals surface area contributed by atoms with Crippen molar-refractivity contribution in [2.24, 2.45) is 0 Å². The van der Waals surface area contributed by atoms with Gasteiger partial charge < -0.3 is 10.6 Å². The predicted molar refractivity (Wildman–Crippen MR) is 211 cm³/mol. The fraction of sp³-hybridized carbons (Fsp3) is 0. The molecule has 0 spiro atoms. The average Bonchev–Trinajstić information content (AvgIpc) is 3.22. The van der Waals surface area contributed by atoms with Gasteiger partial charge >= 0.3 is 0 Å². The number of carbonyl (C=O) groups is 4. The van der Waals surface area contributed by atoms with Crippen LogP contribution in [0.25, 0.3) is 33.4 Å². The summed E-state index contributed by atoms with van der Waals surface area (Å²) in [7, 11) is 0. The fourth-order valence-corrected chi connectivity index (χ4v) is 6.03. The van der Waals surface area contributed by atoms with E-state index in [4.69, 9.17) is 0 Å². The lowest BCUT2D eigenvalue weighted by Crippen LogP contribution is -2.30. The van der Waals surface area contributed by atoms with E-state index in [1.54, 1.807) is 36.4 Å². The minimum absolute atomic E-state index is 0.0611. The van der Waals surface area contributed by atoms with Gasteiger partial charge in [-0.1, -0.05) is 127 Å². The zero-order chi connectivity index (χ0) is 36.6. The van der Waals surface area contributed by atoms with E-state index >= 15 is 0 Å². The largest absolute Gasteiger partial charge is 0.322 e. The molecule has 0 saturated heterocycles. The van der Waals surface area contributed by atoms with Crippen LogP contribution in [-0.4, -0.2) is 24.1 Å². The predicted octanol–water partition coefficient (Wildman–Crippen LogP) is 10.00. The summed E-state index contributed by atoms with van der Waals surface area (Å²) in [6, 6.07) is 55.2. The fourth-order valence-electron chi connectivity index (χ4n) is 6.03. The van der Waals surface area contributed by atoms with E-state index in [0.29, 0.717) is 17.8 Å². The first-order valence-electron chi connectivity index (χ1n) is 17.0. The van der Waals surface area contributed by atoms with E-state index in [2.05, 4.69) is 10.6 Å². The van der Waals surface area contributed by atoms with Gasteiger partial charge in [0.25, 0.3) is 17.7 Å². The molecular formula is C46H33N3O4. The van der Waals surface area contributed by atoms with E-state index in [0.717, 1.165) is 38.3 Å². The molecule has 0 bridgehead atoms. The topological polar surface area (TPSA) is 95.6 Å². The van der Waals surface area contributed by atoms with Crippen LogP contribution in [0, 0.1) is 0 Å². The van der Waals surface area contributed by atoms with Crippen molar-refractivity contribution in [3.05, 3.63) is 199 Å². The van der Waals surface area contributed by atoms with E-state index in [9.17, 15) is 19.2 Å². The van der Waals surface area contributed by atoms with Crippen molar-refractivity contribution in [1.82, 2.24) is 0 Å². The number of rotatable bonds is 10. The Kier molecular flexibility index (Phi) is 10.1. The molecule has 0 unspecified atom stereocenters. The highest BCUT2D eigenvalue weighted by Gasteiger charge is 2.22. The van der Waals surface area contributed by atoms with E-state index in [1.165, 1.54) is 18.2 Å². The number of anilines is 3. The summed E-state index contributed by atoms with van der Waals surface area (Å²) < 4.78 is 0. The molecule has 7 aromatic rings. The van der Waals surface area contributed by atoms with Crippen molar-refractivity contribution in [2.45, 2.75) is 0 Å². The lowest BCUT2D eigenvalue weighted by atomic mass is 10.0. The SMILES string of the molecule is O=CN(C(=O)c1ccc(-c2ccccc2)cc1)c1cc(C(=O)Nc2cccc(-c3ccccc3)c2)cc(C(=O)Nc2cccc(-c3ccccc3)c2)c1. The molecule has 0 aliphatic rings. The van der Waals surface area contributed by atoms with Crippen molar-refractivity contribution in [3.8, 4) is 33.4 Å². The van der Waals surface area contributed by atoms with Crippen molar-refractivity contribution >= 4 is 41.2 Å². The Morgan fingerprint density at radius 1 is 0.396 bits per heavy atom. The number of hydrogen-bond acceptors (Lipinski definition) is 4. The molecule has 7 rings (SSSR count). The monoisotopic (exact) mass is 691 g/mol. The van der Waals surface area contributed by atoms with Crippen LogP contribution in [0.4, 0.5) is 17.1 Å². The van der Waals surface area contributed by atoms with Crippen LogP contribution >= 0.6 is 0 Å². The second kappa shape index (κ2) is 15.7. The number of benzene rings is 7. The summed E-state index contributed by atoms with van der Waals surface area (Å²) in [6.45, 7) is 0. The van der Waals surface area contributed by atoms with E-state index < -0.39 is 17.7 Å². The van der Waals surface area contributed by atoms with Crippen LogP contribution in [0.5, 0.6) is 0 Å². The molecule has 0 aliphatic heterocycles. The molecule has 7 heteroatoms. The lowest BCUT2D eigenvalue weighted by molar-refractivity contribution is -0.106. The first-order valence-corrected chi connectivity index (χ1v) is 17.0. The van der Waals surface area contributed by atoms with Gasteiger partial charge in [0, 0.05) is 28.1 Å². The summed E-state index contributed by atoms with van der Waals surface area (Å²) in [5.41, 5.74) is 7.22. The first-order chi connectivity index (χ1) is 25.9. The Hall–Kier alpha value is -7.38. The van der Waals surface area contributed by atoms with Crippen LogP contribution in [0.15, 0.2) is 182 Å².